The van der Waals surface area contributed by atoms with Gasteiger partial charge in [-0.3, -0.25) is 4.68 Å². The van der Waals surface area contributed by atoms with Gasteiger partial charge in [-0.25, -0.2) is 4.39 Å². The second-order valence-electron chi connectivity index (χ2n) is 4.90. The summed E-state index contributed by atoms with van der Waals surface area (Å²) in [6.45, 7) is 3.37. The molecule has 1 aromatic heterocycles. The van der Waals surface area contributed by atoms with Crippen LogP contribution in [0.5, 0.6) is 0 Å². The first kappa shape index (κ1) is 14.0. The number of nitrogens with zero attached hydrogens (tertiary/aromatic N) is 2. The van der Waals surface area contributed by atoms with Gasteiger partial charge in [0.15, 0.2) is 0 Å². The van der Waals surface area contributed by atoms with Crippen molar-refractivity contribution in [2.75, 3.05) is 0 Å². The van der Waals surface area contributed by atoms with Crippen LogP contribution in [-0.4, -0.2) is 14.9 Å². The molecule has 1 aromatic carbocycles. The highest BCUT2D eigenvalue weighted by atomic mass is 35.5. The molecule has 0 aliphatic heterocycles. The maximum atomic E-state index is 13.8. The number of rotatable bonds is 3. The average molecular weight is 283 g/mol. The van der Waals surface area contributed by atoms with Gasteiger partial charge >= 0.3 is 0 Å². The van der Waals surface area contributed by atoms with E-state index in [9.17, 15) is 9.50 Å². The zero-order valence-electron chi connectivity index (χ0n) is 11.1. The van der Waals surface area contributed by atoms with Gasteiger partial charge in [0.05, 0.1) is 22.0 Å². The third kappa shape index (κ3) is 2.65. The highest BCUT2D eigenvalue weighted by molar-refractivity contribution is 6.31. The van der Waals surface area contributed by atoms with Crippen molar-refractivity contribution in [1.82, 2.24) is 9.78 Å². The van der Waals surface area contributed by atoms with E-state index in [2.05, 4.69) is 5.10 Å². The first-order valence-electron chi connectivity index (χ1n) is 5.98. The Bertz CT molecular complexity index is 607. The molecule has 1 heterocycles. The van der Waals surface area contributed by atoms with Gasteiger partial charge in [0, 0.05) is 19.0 Å². The number of halogens is 2. The highest BCUT2D eigenvalue weighted by Crippen LogP contribution is 2.30. The van der Waals surface area contributed by atoms with Crippen LogP contribution >= 0.6 is 11.6 Å². The summed E-state index contributed by atoms with van der Waals surface area (Å²) in [5.41, 5.74) is 0.302. The van der Waals surface area contributed by atoms with Crippen LogP contribution in [0, 0.1) is 12.7 Å². The molecule has 0 fully saturated rings. The lowest BCUT2D eigenvalue weighted by molar-refractivity contribution is 0.0518. The van der Waals surface area contributed by atoms with Crippen LogP contribution in [0.2, 0.25) is 5.02 Å². The van der Waals surface area contributed by atoms with Gasteiger partial charge in [0.1, 0.15) is 5.82 Å². The molecule has 19 heavy (non-hydrogen) atoms. The third-order valence-electron chi connectivity index (χ3n) is 3.23. The van der Waals surface area contributed by atoms with Gasteiger partial charge in [-0.15, -0.1) is 0 Å². The minimum Gasteiger partial charge on any atom is -0.385 e. The van der Waals surface area contributed by atoms with Crippen molar-refractivity contribution < 1.29 is 9.50 Å². The van der Waals surface area contributed by atoms with Gasteiger partial charge in [-0.2, -0.15) is 5.10 Å². The summed E-state index contributed by atoms with van der Waals surface area (Å²) in [6, 6.07) is 6.20. The molecule has 1 N–H and O–H groups in total. The van der Waals surface area contributed by atoms with E-state index in [0.29, 0.717) is 16.4 Å². The lowest BCUT2D eigenvalue weighted by Crippen LogP contribution is -2.27. The minimum atomic E-state index is -1.34. The van der Waals surface area contributed by atoms with E-state index in [0.717, 1.165) is 0 Å². The van der Waals surface area contributed by atoms with Crippen LogP contribution in [0.4, 0.5) is 4.39 Å². The fourth-order valence-electron chi connectivity index (χ4n) is 2.19. The second-order valence-corrected chi connectivity index (χ2v) is 5.28. The van der Waals surface area contributed by atoms with E-state index >= 15 is 0 Å². The molecule has 0 aliphatic carbocycles. The van der Waals surface area contributed by atoms with E-state index < -0.39 is 11.4 Å². The van der Waals surface area contributed by atoms with Gasteiger partial charge in [-0.05, 0) is 19.9 Å². The van der Waals surface area contributed by atoms with E-state index in [-0.39, 0.29) is 12.0 Å². The van der Waals surface area contributed by atoms with Crippen LogP contribution in [0.1, 0.15) is 23.9 Å². The lowest BCUT2D eigenvalue weighted by atomic mass is 9.90. The molecule has 0 aliphatic rings. The SMILES string of the molecule is Cc1nn(C)c(CC(C)(O)c2ccccc2F)c1Cl. The highest BCUT2D eigenvalue weighted by Gasteiger charge is 2.29. The Kier molecular flexibility index (Phi) is 3.65. The molecule has 0 amide bonds. The standard InChI is InChI=1S/C14H16ClFN2O/c1-9-13(15)12(18(3)17-9)8-14(2,19)10-6-4-5-7-11(10)16/h4-7,19H,8H2,1-3H3. The third-order valence-corrected chi connectivity index (χ3v) is 3.72. The Morgan fingerprint density at radius 2 is 2.05 bits per heavy atom. The fourth-order valence-corrected chi connectivity index (χ4v) is 2.42. The molecule has 0 bridgehead atoms. The monoisotopic (exact) mass is 282 g/mol. The normalized spacial score (nSPS) is 14.4. The topological polar surface area (TPSA) is 38.0 Å². The van der Waals surface area contributed by atoms with Gasteiger partial charge in [0.25, 0.3) is 0 Å². The summed E-state index contributed by atoms with van der Waals surface area (Å²) < 4.78 is 15.4. The summed E-state index contributed by atoms with van der Waals surface area (Å²) in [6.07, 6.45) is 0.199. The van der Waals surface area contributed by atoms with Gasteiger partial charge in [-0.1, -0.05) is 29.8 Å². The Morgan fingerprint density at radius 3 is 2.58 bits per heavy atom. The molecule has 102 valence electrons. The fraction of sp³-hybridized carbons (Fsp3) is 0.357. The lowest BCUT2D eigenvalue weighted by Gasteiger charge is -2.24. The van der Waals surface area contributed by atoms with Crippen molar-refractivity contribution in [3.63, 3.8) is 0 Å². The predicted octanol–water partition coefficient (Wildman–Crippen LogP) is 2.97. The maximum absolute atomic E-state index is 13.8. The minimum absolute atomic E-state index is 0.199. The first-order valence-corrected chi connectivity index (χ1v) is 6.36. The zero-order chi connectivity index (χ0) is 14.2. The van der Waals surface area contributed by atoms with E-state index in [1.807, 2.05) is 0 Å². The van der Waals surface area contributed by atoms with Gasteiger partial charge < -0.3 is 5.11 Å². The van der Waals surface area contributed by atoms with Crippen LogP contribution in [0.3, 0.4) is 0 Å². The Morgan fingerprint density at radius 1 is 1.42 bits per heavy atom. The molecule has 0 saturated carbocycles. The summed E-state index contributed by atoms with van der Waals surface area (Å²) >= 11 is 6.16. The Labute approximate surface area is 116 Å². The summed E-state index contributed by atoms with van der Waals surface area (Å²) in [4.78, 5) is 0. The molecular formula is C14H16ClFN2O. The van der Waals surface area contributed by atoms with E-state index in [4.69, 9.17) is 11.6 Å². The molecule has 2 rings (SSSR count). The predicted molar refractivity (Wildman–Crippen MR) is 72.6 cm³/mol. The quantitative estimate of drug-likeness (QED) is 0.940. The molecule has 5 heteroatoms. The zero-order valence-corrected chi connectivity index (χ0v) is 11.9. The Hall–Kier alpha value is -1.39. The molecule has 0 saturated heterocycles. The second kappa shape index (κ2) is 4.94. The number of aliphatic hydroxyl groups is 1. The molecule has 1 atom stereocenters. The van der Waals surface area contributed by atoms with Crippen molar-refractivity contribution in [1.29, 1.82) is 0 Å². The largest absolute Gasteiger partial charge is 0.385 e. The van der Waals surface area contributed by atoms with Crippen molar-refractivity contribution in [3.05, 3.63) is 52.1 Å². The van der Waals surface area contributed by atoms with Crippen molar-refractivity contribution in [3.8, 4) is 0 Å². The molecule has 0 spiro atoms. The smallest absolute Gasteiger partial charge is 0.129 e. The van der Waals surface area contributed by atoms with Gasteiger partial charge in [0.2, 0.25) is 0 Å². The summed E-state index contributed by atoms with van der Waals surface area (Å²) in [7, 11) is 1.76. The number of benzene rings is 1. The average Bonchev–Trinajstić information content (AvgIpc) is 2.56. The first-order chi connectivity index (χ1) is 8.83. The van der Waals surface area contributed by atoms with E-state index in [1.165, 1.54) is 6.07 Å². The van der Waals surface area contributed by atoms with Crippen LogP contribution in [-0.2, 0) is 19.1 Å². The van der Waals surface area contributed by atoms with Crippen molar-refractivity contribution >= 4 is 11.6 Å². The maximum Gasteiger partial charge on any atom is 0.129 e. The number of hydrogen-bond acceptors (Lipinski definition) is 2. The molecule has 3 nitrogen and oxygen atoms in total. The molecule has 1 unspecified atom stereocenters. The number of aryl methyl sites for hydroxylation is 2. The van der Waals surface area contributed by atoms with Crippen molar-refractivity contribution in [2.24, 2.45) is 7.05 Å². The van der Waals surface area contributed by atoms with Crippen molar-refractivity contribution in [2.45, 2.75) is 25.9 Å². The summed E-state index contributed by atoms with van der Waals surface area (Å²) in [5, 5.41) is 15.2. The molecule has 0 radical (unpaired) electrons. The molecule has 2 aromatic rings. The van der Waals surface area contributed by atoms with Crippen LogP contribution in [0.15, 0.2) is 24.3 Å². The van der Waals surface area contributed by atoms with Crippen LogP contribution < -0.4 is 0 Å². The Balaban J connectivity index is 2.39. The molecular weight excluding hydrogens is 267 g/mol. The van der Waals surface area contributed by atoms with Crippen LogP contribution in [0.25, 0.3) is 0 Å². The number of hydrogen-bond donors (Lipinski definition) is 1. The van der Waals surface area contributed by atoms with E-state index in [1.54, 1.807) is 43.8 Å². The summed E-state index contributed by atoms with van der Waals surface area (Å²) in [5.74, 6) is -0.428. The number of aromatic nitrogens is 2.